The number of fused-ring (bicyclic) bond motifs is 1. The van der Waals surface area contributed by atoms with Crippen LogP contribution in [0.5, 0.6) is 0 Å². The van der Waals surface area contributed by atoms with Gasteiger partial charge in [0.2, 0.25) is 0 Å². The van der Waals surface area contributed by atoms with Crippen molar-refractivity contribution in [3.8, 4) is 0 Å². The van der Waals surface area contributed by atoms with Gasteiger partial charge in [-0.05, 0) is 31.2 Å². The number of hydrogen-bond acceptors (Lipinski definition) is 3. The van der Waals surface area contributed by atoms with Gasteiger partial charge in [0, 0.05) is 19.3 Å². The summed E-state index contributed by atoms with van der Waals surface area (Å²) in [5.74, 6) is 1.12. The van der Waals surface area contributed by atoms with E-state index >= 15 is 0 Å². The highest BCUT2D eigenvalue weighted by molar-refractivity contribution is 5.90. The van der Waals surface area contributed by atoms with Gasteiger partial charge in [-0.15, -0.1) is 0 Å². The Bertz CT molecular complexity index is 511. The number of nitrogens with one attached hydrogen (secondary N) is 1. The molecule has 1 N–H and O–H groups in total. The van der Waals surface area contributed by atoms with Crippen molar-refractivity contribution in [3.05, 3.63) is 18.1 Å². The maximum absolute atomic E-state index is 4.51. The van der Waals surface area contributed by atoms with Gasteiger partial charge in [-0.3, -0.25) is 0 Å². The summed E-state index contributed by atoms with van der Waals surface area (Å²) in [7, 11) is 0. The molecule has 0 radical (unpaired) electrons. The highest BCUT2D eigenvalue weighted by Crippen LogP contribution is 2.28. The lowest BCUT2D eigenvalue weighted by atomic mass is 10.1. The molecule has 0 atom stereocenters. The molecule has 0 amide bonds. The first kappa shape index (κ1) is 10.6. The van der Waals surface area contributed by atoms with Crippen molar-refractivity contribution < 1.29 is 0 Å². The third-order valence-corrected chi connectivity index (χ3v) is 3.57. The van der Waals surface area contributed by atoms with Crippen LogP contribution in [-0.4, -0.2) is 28.0 Å². The summed E-state index contributed by atoms with van der Waals surface area (Å²) in [4.78, 5) is 14.5. The maximum atomic E-state index is 4.51. The molecule has 1 aliphatic rings. The lowest BCUT2D eigenvalue weighted by molar-refractivity contribution is 0.574. The second kappa shape index (κ2) is 4.35. The van der Waals surface area contributed by atoms with E-state index in [1.807, 2.05) is 0 Å². The van der Waals surface area contributed by atoms with Gasteiger partial charge in [-0.2, -0.15) is 0 Å². The largest absolute Gasteiger partial charge is 0.356 e. The lowest BCUT2D eigenvalue weighted by Crippen LogP contribution is -2.30. The Morgan fingerprint density at radius 2 is 2.06 bits per heavy atom. The van der Waals surface area contributed by atoms with E-state index in [0.29, 0.717) is 0 Å². The number of nitrogens with zero attached hydrogens (tertiary/aromatic N) is 3. The molecule has 17 heavy (non-hydrogen) atoms. The molecule has 0 saturated carbocycles. The second-order valence-electron chi connectivity index (χ2n) is 4.64. The third-order valence-electron chi connectivity index (χ3n) is 3.57. The van der Waals surface area contributed by atoms with E-state index in [2.05, 4.69) is 33.0 Å². The van der Waals surface area contributed by atoms with E-state index < -0.39 is 0 Å². The molecule has 0 bridgehead atoms. The van der Waals surface area contributed by atoms with Crippen LogP contribution in [0.4, 0.5) is 5.82 Å². The van der Waals surface area contributed by atoms with Crippen LogP contribution in [0, 0.1) is 0 Å². The minimum atomic E-state index is 0.970. The van der Waals surface area contributed by atoms with Crippen LogP contribution in [0.3, 0.4) is 0 Å². The first-order valence-corrected chi connectivity index (χ1v) is 6.46. The molecule has 0 spiro atoms. The molecule has 2 aromatic rings. The zero-order valence-electron chi connectivity index (χ0n) is 10.2. The molecule has 2 aromatic heterocycles. The Hall–Kier alpha value is -1.58. The summed E-state index contributed by atoms with van der Waals surface area (Å²) < 4.78 is 0. The van der Waals surface area contributed by atoms with E-state index in [-0.39, 0.29) is 0 Å². The van der Waals surface area contributed by atoms with E-state index in [1.165, 1.54) is 30.2 Å². The van der Waals surface area contributed by atoms with E-state index in [1.54, 1.807) is 6.33 Å². The van der Waals surface area contributed by atoms with Gasteiger partial charge in [0.15, 0.2) is 0 Å². The van der Waals surface area contributed by atoms with Gasteiger partial charge < -0.3 is 9.88 Å². The molecule has 90 valence electrons. The fourth-order valence-electron chi connectivity index (χ4n) is 2.63. The molecular weight excluding hydrogens is 212 g/mol. The van der Waals surface area contributed by atoms with Crippen molar-refractivity contribution in [2.45, 2.75) is 32.6 Å². The molecule has 0 unspecified atom stereocenters. The van der Waals surface area contributed by atoms with Crippen LogP contribution in [0.25, 0.3) is 11.0 Å². The quantitative estimate of drug-likeness (QED) is 0.862. The lowest BCUT2D eigenvalue weighted by Gasteiger charge is -2.28. The van der Waals surface area contributed by atoms with Crippen molar-refractivity contribution in [1.29, 1.82) is 0 Å². The first-order chi connectivity index (χ1) is 8.40. The van der Waals surface area contributed by atoms with Gasteiger partial charge in [0.25, 0.3) is 0 Å². The number of aryl methyl sites for hydroxylation is 1. The SMILES string of the molecule is CCc1c[nH]c2ncnc(N3CCCCC3)c12. The predicted octanol–water partition coefficient (Wildman–Crippen LogP) is 2.51. The van der Waals surface area contributed by atoms with Crippen LogP contribution in [0.2, 0.25) is 0 Å². The minimum Gasteiger partial charge on any atom is -0.356 e. The summed E-state index contributed by atoms with van der Waals surface area (Å²) in [6, 6.07) is 0. The second-order valence-corrected chi connectivity index (χ2v) is 4.64. The molecule has 3 heterocycles. The monoisotopic (exact) mass is 230 g/mol. The van der Waals surface area contributed by atoms with Gasteiger partial charge in [0.1, 0.15) is 17.8 Å². The normalized spacial score (nSPS) is 16.6. The average molecular weight is 230 g/mol. The van der Waals surface area contributed by atoms with Gasteiger partial charge in [-0.1, -0.05) is 6.92 Å². The number of anilines is 1. The van der Waals surface area contributed by atoms with Crippen molar-refractivity contribution in [2.24, 2.45) is 0 Å². The van der Waals surface area contributed by atoms with Crippen molar-refractivity contribution in [1.82, 2.24) is 15.0 Å². The van der Waals surface area contributed by atoms with Gasteiger partial charge >= 0.3 is 0 Å². The molecule has 4 heteroatoms. The standard InChI is InChI=1S/C13H18N4/c1-2-10-8-14-12-11(10)13(16-9-15-12)17-6-4-3-5-7-17/h8-9H,2-7H2,1H3,(H,14,15,16). The minimum absolute atomic E-state index is 0.970. The summed E-state index contributed by atoms with van der Waals surface area (Å²) in [6.45, 7) is 4.43. The topological polar surface area (TPSA) is 44.8 Å². The molecule has 1 fully saturated rings. The predicted molar refractivity (Wildman–Crippen MR) is 69.3 cm³/mol. The van der Waals surface area contributed by atoms with Crippen molar-refractivity contribution in [2.75, 3.05) is 18.0 Å². The number of rotatable bonds is 2. The summed E-state index contributed by atoms with van der Waals surface area (Å²) in [6.07, 6.45) is 8.65. The Morgan fingerprint density at radius 3 is 2.82 bits per heavy atom. The Morgan fingerprint density at radius 1 is 1.24 bits per heavy atom. The average Bonchev–Trinajstić information content (AvgIpc) is 2.82. The molecule has 4 nitrogen and oxygen atoms in total. The highest BCUT2D eigenvalue weighted by atomic mass is 15.2. The van der Waals surface area contributed by atoms with Crippen molar-refractivity contribution in [3.63, 3.8) is 0 Å². The van der Waals surface area contributed by atoms with Crippen LogP contribution in [0.1, 0.15) is 31.7 Å². The molecule has 1 saturated heterocycles. The molecule has 0 aliphatic carbocycles. The molecule has 0 aromatic carbocycles. The number of aromatic nitrogens is 3. The highest BCUT2D eigenvalue weighted by Gasteiger charge is 2.17. The fraction of sp³-hybridized carbons (Fsp3) is 0.538. The van der Waals surface area contributed by atoms with E-state index in [9.17, 15) is 0 Å². The van der Waals surface area contributed by atoms with Crippen LogP contribution >= 0.6 is 0 Å². The van der Waals surface area contributed by atoms with E-state index in [0.717, 1.165) is 31.0 Å². The Balaban J connectivity index is 2.10. The summed E-state index contributed by atoms with van der Waals surface area (Å²) in [5, 5.41) is 1.22. The zero-order chi connectivity index (χ0) is 11.7. The first-order valence-electron chi connectivity index (χ1n) is 6.46. The molecule has 3 rings (SSSR count). The summed E-state index contributed by atoms with van der Waals surface area (Å²) in [5.41, 5.74) is 2.29. The maximum Gasteiger partial charge on any atom is 0.143 e. The van der Waals surface area contributed by atoms with Gasteiger partial charge in [0.05, 0.1) is 5.39 Å². The number of hydrogen-bond donors (Lipinski definition) is 1. The molecular formula is C13H18N4. The van der Waals surface area contributed by atoms with Crippen LogP contribution in [0.15, 0.2) is 12.5 Å². The number of H-pyrrole nitrogens is 1. The fourth-order valence-corrected chi connectivity index (χ4v) is 2.63. The van der Waals surface area contributed by atoms with Crippen molar-refractivity contribution >= 4 is 16.9 Å². The Kier molecular flexibility index (Phi) is 2.71. The number of aromatic amines is 1. The third kappa shape index (κ3) is 1.77. The smallest absolute Gasteiger partial charge is 0.143 e. The van der Waals surface area contributed by atoms with Gasteiger partial charge in [-0.25, -0.2) is 9.97 Å². The number of piperidine rings is 1. The summed E-state index contributed by atoms with van der Waals surface area (Å²) >= 11 is 0. The molecule has 1 aliphatic heterocycles. The van der Waals surface area contributed by atoms with Crippen LogP contribution < -0.4 is 4.90 Å². The zero-order valence-corrected chi connectivity index (χ0v) is 10.2. The Labute approximate surface area is 101 Å². The van der Waals surface area contributed by atoms with Crippen LogP contribution in [-0.2, 0) is 6.42 Å². The van der Waals surface area contributed by atoms with E-state index in [4.69, 9.17) is 0 Å².